The van der Waals surface area contributed by atoms with E-state index in [9.17, 15) is 4.79 Å². The third-order valence-electron chi connectivity index (χ3n) is 4.41. The summed E-state index contributed by atoms with van der Waals surface area (Å²) in [6, 6.07) is 1.80. The molecule has 3 rings (SSSR count). The van der Waals surface area contributed by atoms with Crippen LogP contribution in [0.1, 0.15) is 29.6 Å². The maximum Gasteiger partial charge on any atom is 0.276 e. The summed E-state index contributed by atoms with van der Waals surface area (Å²) in [7, 11) is 0. The van der Waals surface area contributed by atoms with Gasteiger partial charge in [-0.05, 0) is 13.0 Å². The van der Waals surface area contributed by atoms with Gasteiger partial charge in [-0.3, -0.25) is 9.69 Å². The van der Waals surface area contributed by atoms with Crippen molar-refractivity contribution in [1.29, 1.82) is 0 Å². The fourth-order valence-electron chi connectivity index (χ4n) is 2.96. The van der Waals surface area contributed by atoms with Crippen LogP contribution in [0.25, 0.3) is 0 Å². The van der Waals surface area contributed by atoms with E-state index < -0.39 is 0 Å². The summed E-state index contributed by atoms with van der Waals surface area (Å²) >= 11 is 0. The number of nitrogens with zero attached hydrogens (tertiary/aromatic N) is 4. The molecule has 1 aromatic heterocycles. The Kier molecular flexibility index (Phi) is 4.90. The summed E-state index contributed by atoms with van der Waals surface area (Å²) in [4.78, 5) is 18.9. The largest absolute Gasteiger partial charge is 0.359 e. The first kappa shape index (κ1) is 15.2. The quantitative estimate of drug-likeness (QED) is 0.783. The molecule has 1 fully saturated rings. The van der Waals surface area contributed by atoms with Gasteiger partial charge in [0.15, 0.2) is 11.5 Å². The molecule has 0 radical (unpaired) electrons. The van der Waals surface area contributed by atoms with E-state index in [1.165, 1.54) is 0 Å². The highest BCUT2D eigenvalue weighted by atomic mass is 16.5. The number of amides is 1. The van der Waals surface area contributed by atoms with Gasteiger partial charge in [-0.15, -0.1) is 0 Å². The minimum atomic E-state index is -0.0323. The van der Waals surface area contributed by atoms with Crippen LogP contribution in [0, 0.1) is 0 Å². The van der Waals surface area contributed by atoms with Gasteiger partial charge < -0.3 is 14.3 Å². The zero-order valence-corrected chi connectivity index (χ0v) is 13.2. The second-order valence-electron chi connectivity index (χ2n) is 5.90. The smallest absolute Gasteiger partial charge is 0.276 e. The van der Waals surface area contributed by atoms with E-state index >= 15 is 0 Å². The Morgan fingerprint density at radius 1 is 1.18 bits per heavy atom. The molecule has 0 aliphatic carbocycles. The van der Waals surface area contributed by atoms with Crippen LogP contribution in [0.5, 0.6) is 0 Å². The van der Waals surface area contributed by atoms with Crippen molar-refractivity contribution in [2.45, 2.75) is 19.9 Å². The van der Waals surface area contributed by atoms with Crippen molar-refractivity contribution in [3.63, 3.8) is 0 Å². The maximum atomic E-state index is 12.3. The molecule has 3 heterocycles. The average Bonchev–Trinajstić information content (AvgIpc) is 3.04. The first-order valence-electron chi connectivity index (χ1n) is 8.11. The Balaban J connectivity index is 1.55. The van der Waals surface area contributed by atoms with Gasteiger partial charge in [0, 0.05) is 45.3 Å². The van der Waals surface area contributed by atoms with E-state index in [1.54, 1.807) is 6.07 Å². The molecule has 0 aromatic carbocycles. The molecule has 120 valence electrons. The van der Waals surface area contributed by atoms with Gasteiger partial charge in [0.05, 0.1) is 6.54 Å². The van der Waals surface area contributed by atoms with Crippen LogP contribution in [0.4, 0.5) is 0 Å². The summed E-state index contributed by atoms with van der Waals surface area (Å²) in [6.45, 7) is 9.73. The summed E-state index contributed by atoms with van der Waals surface area (Å²) in [6.07, 6.45) is 5.04. The Hall–Kier alpha value is -1.66. The van der Waals surface area contributed by atoms with E-state index in [4.69, 9.17) is 4.52 Å². The molecule has 6 nitrogen and oxygen atoms in total. The highest BCUT2D eigenvalue weighted by Crippen LogP contribution is 2.13. The molecular weight excluding hydrogens is 280 g/mol. The number of hydrogen-bond acceptors (Lipinski definition) is 5. The Morgan fingerprint density at radius 3 is 2.64 bits per heavy atom. The lowest BCUT2D eigenvalue weighted by molar-refractivity contribution is 0.0760. The third kappa shape index (κ3) is 3.56. The van der Waals surface area contributed by atoms with Crippen molar-refractivity contribution in [3.05, 3.63) is 29.7 Å². The Morgan fingerprint density at radius 2 is 1.95 bits per heavy atom. The number of carbonyl (C=O) groups is 1. The lowest BCUT2D eigenvalue weighted by Crippen LogP contribution is -2.45. The highest BCUT2D eigenvalue weighted by molar-refractivity contribution is 5.92. The van der Waals surface area contributed by atoms with Crippen LogP contribution in [0.3, 0.4) is 0 Å². The molecule has 1 saturated heterocycles. The van der Waals surface area contributed by atoms with E-state index in [-0.39, 0.29) is 5.91 Å². The minimum Gasteiger partial charge on any atom is -0.359 e. The van der Waals surface area contributed by atoms with Crippen molar-refractivity contribution >= 4 is 5.91 Å². The Bertz CT molecular complexity index is 532. The predicted molar refractivity (Wildman–Crippen MR) is 83.6 cm³/mol. The molecule has 0 saturated carbocycles. The van der Waals surface area contributed by atoms with Gasteiger partial charge >= 0.3 is 0 Å². The van der Waals surface area contributed by atoms with Gasteiger partial charge in [-0.1, -0.05) is 24.2 Å². The topological polar surface area (TPSA) is 52.8 Å². The van der Waals surface area contributed by atoms with E-state index in [0.29, 0.717) is 12.2 Å². The van der Waals surface area contributed by atoms with Crippen LogP contribution >= 0.6 is 0 Å². The minimum absolute atomic E-state index is 0.0323. The van der Waals surface area contributed by atoms with Gasteiger partial charge in [-0.2, -0.15) is 0 Å². The van der Waals surface area contributed by atoms with Crippen molar-refractivity contribution in [3.8, 4) is 0 Å². The normalized spacial score (nSPS) is 20.5. The van der Waals surface area contributed by atoms with E-state index in [0.717, 1.165) is 58.0 Å². The lowest BCUT2D eigenvalue weighted by atomic mass is 10.2. The van der Waals surface area contributed by atoms with Gasteiger partial charge in [0.25, 0.3) is 5.91 Å². The van der Waals surface area contributed by atoms with E-state index in [2.05, 4.69) is 28.0 Å². The molecule has 0 spiro atoms. The zero-order valence-electron chi connectivity index (χ0n) is 13.2. The fraction of sp³-hybridized carbons (Fsp3) is 0.625. The number of rotatable bonds is 4. The summed E-state index contributed by atoms with van der Waals surface area (Å²) < 4.78 is 5.36. The summed E-state index contributed by atoms with van der Waals surface area (Å²) in [5.41, 5.74) is 0.428. The first-order valence-corrected chi connectivity index (χ1v) is 8.11. The molecule has 0 N–H and O–H groups in total. The number of carbonyl (C=O) groups excluding carboxylic acids is 1. The van der Waals surface area contributed by atoms with Crippen molar-refractivity contribution in [1.82, 2.24) is 19.9 Å². The number of likely N-dealkylation sites (N-methyl/N-ethyl adjacent to an activating group) is 1. The van der Waals surface area contributed by atoms with Crippen LogP contribution in [-0.4, -0.2) is 71.6 Å². The summed E-state index contributed by atoms with van der Waals surface area (Å²) in [5.74, 6) is 0.746. The van der Waals surface area contributed by atoms with Crippen LogP contribution < -0.4 is 0 Å². The van der Waals surface area contributed by atoms with Crippen molar-refractivity contribution in [2.24, 2.45) is 0 Å². The van der Waals surface area contributed by atoms with Crippen LogP contribution in [0.2, 0.25) is 0 Å². The molecule has 2 aliphatic heterocycles. The molecule has 1 aromatic rings. The van der Waals surface area contributed by atoms with E-state index in [1.807, 2.05) is 11.0 Å². The maximum absolute atomic E-state index is 12.3. The molecule has 0 unspecified atom stereocenters. The number of piperazine rings is 1. The van der Waals surface area contributed by atoms with Crippen LogP contribution in [-0.2, 0) is 6.54 Å². The molecular formula is C16H24N4O2. The SMILES string of the molecule is CCN1CCN(Cc2cc(C(=O)N3CC=CCC3)no2)CC1. The molecule has 6 heteroatoms. The second-order valence-corrected chi connectivity index (χ2v) is 5.90. The number of aromatic nitrogens is 1. The fourth-order valence-corrected chi connectivity index (χ4v) is 2.96. The van der Waals surface area contributed by atoms with Gasteiger partial charge in [-0.25, -0.2) is 0 Å². The highest BCUT2D eigenvalue weighted by Gasteiger charge is 2.22. The number of hydrogen-bond donors (Lipinski definition) is 0. The third-order valence-corrected chi connectivity index (χ3v) is 4.41. The standard InChI is InChI=1S/C16H24N4O2/c1-2-18-8-10-19(11-9-18)13-14-12-15(17-22-14)16(21)20-6-4-3-5-7-20/h3-4,12H,2,5-11,13H2,1H3. The molecule has 22 heavy (non-hydrogen) atoms. The van der Waals surface area contributed by atoms with Crippen molar-refractivity contribution in [2.75, 3.05) is 45.8 Å². The predicted octanol–water partition coefficient (Wildman–Crippen LogP) is 1.21. The molecule has 1 amide bonds. The second kappa shape index (κ2) is 7.07. The van der Waals surface area contributed by atoms with Crippen molar-refractivity contribution < 1.29 is 9.32 Å². The molecule has 0 bridgehead atoms. The lowest BCUT2D eigenvalue weighted by Gasteiger charge is -2.33. The average molecular weight is 304 g/mol. The molecule has 0 atom stereocenters. The monoisotopic (exact) mass is 304 g/mol. The van der Waals surface area contributed by atoms with Crippen LogP contribution in [0.15, 0.2) is 22.7 Å². The Labute approximate surface area is 131 Å². The first-order chi connectivity index (χ1) is 10.8. The zero-order chi connectivity index (χ0) is 15.4. The summed E-state index contributed by atoms with van der Waals surface area (Å²) in [5, 5.41) is 3.96. The molecule has 2 aliphatic rings. The van der Waals surface area contributed by atoms with Gasteiger partial charge in [0.1, 0.15) is 0 Å². The van der Waals surface area contributed by atoms with Gasteiger partial charge in [0.2, 0.25) is 0 Å².